The van der Waals surface area contributed by atoms with Crippen LogP contribution in [0.1, 0.15) is 38.8 Å². The van der Waals surface area contributed by atoms with Gasteiger partial charge < -0.3 is 10.0 Å². The molecule has 2 nitrogen and oxygen atoms in total. The fourth-order valence-corrected chi connectivity index (χ4v) is 2.10. The van der Waals surface area contributed by atoms with Crippen LogP contribution in [-0.4, -0.2) is 17.7 Å². The molecule has 1 N–H and O–H groups in total. The van der Waals surface area contributed by atoms with E-state index in [2.05, 4.69) is 57.7 Å². The molecule has 96 valence electrons. The highest BCUT2D eigenvalue weighted by Crippen LogP contribution is 2.25. The highest BCUT2D eigenvalue weighted by atomic mass is 16.3. The second-order valence-corrected chi connectivity index (χ2v) is 5.43. The largest absolute Gasteiger partial charge is 0.392 e. The summed E-state index contributed by atoms with van der Waals surface area (Å²) < 4.78 is 0. The van der Waals surface area contributed by atoms with Crippen molar-refractivity contribution in [3.63, 3.8) is 0 Å². The molecule has 1 rings (SSSR count). The molecule has 0 aromatic heterocycles. The quantitative estimate of drug-likeness (QED) is 0.846. The van der Waals surface area contributed by atoms with Gasteiger partial charge in [0.05, 0.1) is 6.61 Å². The van der Waals surface area contributed by atoms with E-state index in [4.69, 9.17) is 0 Å². The predicted molar refractivity (Wildman–Crippen MR) is 74.4 cm³/mol. The molecule has 17 heavy (non-hydrogen) atoms. The second kappa shape index (κ2) is 6.06. The number of hydrogen-bond acceptors (Lipinski definition) is 2. The molecule has 0 amide bonds. The summed E-state index contributed by atoms with van der Waals surface area (Å²) in [6.07, 6.45) is 0. The standard InChI is InChI=1S/C15H25NO/c1-11(2)9-16(12(3)4)15-7-6-13(5)8-14(15)10-17/h6-8,11-12,17H,9-10H2,1-5H3. The second-order valence-electron chi connectivity index (χ2n) is 5.43. The molecule has 0 fully saturated rings. The normalized spacial score (nSPS) is 11.3. The summed E-state index contributed by atoms with van der Waals surface area (Å²) in [7, 11) is 0. The summed E-state index contributed by atoms with van der Waals surface area (Å²) in [6, 6.07) is 6.77. The summed E-state index contributed by atoms with van der Waals surface area (Å²) in [5, 5.41) is 9.48. The minimum Gasteiger partial charge on any atom is -0.392 e. The van der Waals surface area contributed by atoms with Crippen molar-refractivity contribution in [1.29, 1.82) is 0 Å². The van der Waals surface area contributed by atoms with Gasteiger partial charge in [-0.25, -0.2) is 0 Å². The van der Waals surface area contributed by atoms with E-state index < -0.39 is 0 Å². The molecule has 0 spiro atoms. The van der Waals surface area contributed by atoms with Gasteiger partial charge >= 0.3 is 0 Å². The lowest BCUT2D eigenvalue weighted by molar-refractivity contribution is 0.281. The van der Waals surface area contributed by atoms with Gasteiger partial charge in [-0.1, -0.05) is 31.5 Å². The number of aliphatic hydroxyl groups excluding tert-OH is 1. The van der Waals surface area contributed by atoms with Crippen molar-refractivity contribution < 1.29 is 5.11 Å². The Morgan fingerprint density at radius 2 is 1.82 bits per heavy atom. The van der Waals surface area contributed by atoms with E-state index in [0.29, 0.717) is 12.0 Å². The zero-order valence-electron chi connectivity index (χ0n) is 11.7. The first-order chi connectivity index (χ1) is 7.95. The molecule has 1 aromatic rings. The fraction of sp³-hybridized carbons (Fsp3) is 0.600. The van der Waals surface area contributed by atoms with Gasteiger partial charge in [0.15, 0.2) is 0 Å². The van der Waals surface area contributed by atoms with E-state index in [1.807, 2.05) is 0 Å². The maximum Gasteiger partial charge on any atom is 0.0702 e. The number of aryl methyl sites for hydroxylation is 1. The molecule has 0 bridgehead atoms. The number of hydrogen-bond donors (Lipinski definition) is 1. The number of benzene rings is 1. The number of nitrogens with zero attached hydrogens (tertiary/aromatic N) is 1. The first-order valence-corrected chi connectivity index (χ1v) is 6.42. The van der Waals surface area contributed by atoms with Crippen molar-refractivity contribution in [3.05, 3.63) is 29.3 Å². The smallest absolute Gasteiger partial charge is 0.0702 e. The summed E-state index contributed by atoms with van der Waals surface area (Å²) >= 11 is 0. The molecule has 1 aromatic carbocycles. The Morgan fingerprint density at radius 1 is 1.18 bits per heavy atom. The van der Waals surface area contributed by atoms with E-state index in [1.165, 1.54) is 11.3 Å². The van der Waals surface area contributed by atoms with Crippen molar-refractivity contribution >= 4 is 5.69 Å². The maximum atomic E-state index is 9.48. The van der Waals surface area contributed by atoms with Gasteiger partial charge in [0.1, 0.15) is 0 Å². The Bertz CT molecular complexity index is 358. The lowest BCUT2D eigenvalue weighted by Crippen LogP contribution is -2.34. The Hall–Kier alpha value is -1.02. The molecule has 0 atom stereocenters. The molecule has 0 aliphatic rings. The molecule has 0 saturated carbocycles. The van der Waals surface area contributed by atoms with E-state index in [1.54, 1.807) is 0 Å². The van der Waals surface area contributed by atoms with Crippen LogP contribution in [0.2, 0.25) is 0 Å². The minimum absolute atomic E-state index is 0.109. The van der Waals surface area contributed by atoms with Crippen LogP contribution in [0, 0.1) is 12.8 Å². The monoisotopic (exact) mass is 235 g/mol. The predicted octanol–water partition coefficient (Wildman–Crippen LogP) is 3.36. The zero-order valence-corrected chi connectivity index (χ0v) is 11.7. The molecule has 0 radical (unpaired) electrons. The molecule has 0 saturated heterocycles. The van der Waals surface area contributed by atoms with Crippen LogP contribution in [0.3, 0.4) is 0 Å². The average molecular weight is 235 g/mol. The van der Waals surface area contributed by atoms with Crippen molar-refractivity contribution in [2.45, 2.75) is 47.3 Å². The minimum atomic E-state index is 0.109. The van der Waals surface area contributed by atoms with Gasteiger partial charge in [-0.15, -0.1) is 0 Å². The average Bonchev–Trinajstić information content (AvgIpc) is 2.25. The van der Waals surface area contributed by atoms with Gasteiger partial charge in [-0.05, 0) is 32.8 Å². The third-order valence-corrected chi connectivity index (χ3v) is 2.90. The highest BCUT2D eigenvalue weighted by molar-refractivity contribution is 5.55. The summed E-state index contributed by atoms with van der Waals surface area (Å²) in [5.74, 6) is 0.616. The number of rotatable bonds is 5. The molecular weight excluding hydrogens is 210 g/mol. The number of aliphatic hydroxyl groups is 1. The van der Waals surface area contributed by atoms with Crippen LogP contribution >= 0.6 is 0 Å². The molecule has 0 aliphatic carbocycles. The third-order valence-electron chi connectivity index (χ3n) is 2.90. The fourth-order valence-electron chi connectivity index (χ4n) is 2.10. The van der Waals surface area contributed by atoms with E-state index in [9.17, 15) is 5.11 Å². The van der Waals surface area contributed by atoms with Crippen LogP contribution in [0.4, 0.5) is 5.69 Å². The van der Waals surface area contributed by atoms with E-state index >= 15 is 0 Å². The lowest BCUT2D eigenvalue weighted by atomic mass is 10.1. The van der Waals surface area contributed by atoms with Crippen LogP contribution in [-0.2, 0) is 6.61 Å². The molecule has 0 heterocycles. The third kappa shape index (κ3) is 3.74. The van der Waals surface area contributed by atoms with Crippen molar-refractivity contribution in [1.82, 2.24) is 0 Å². The van der Waals surface area contributed by atoms with Crippen molar-refractivity contribution in [2.75, 3.05) is 11.4 Å². The van der Waals surface area contributed by atoms with Crippen LogP contribution in [0.15, 0.2) is 18.2 Å². The number of anilines is 1. The molecule has 2 heteroatoms. The summed E-state index contributed by atoms with van der Waals surface area (Å²) in [6.45, 7) is 12.0. The first kappa shape index (κ1) is 14.0. The van der Waals surface area contributed by atoms with Crippen LogP contribution in [0.5, 0.6) is 0 Å². The Morgan fingerprint density at radius 3 is 2.29 bits per heavy atom. The SMILES string of the molecule is Cc1ccc(N(CC(C)C)C(C)C)c(CO)c1. The Balaban J connectivity index is 3.08. The van der Waals surface area contributed by atoms with Gasteiger partial charge in [0.2, 0.25) is 0 Å². The molecule has 0 aliphatic heterocycles. The highest BCUT2D eigenvalue weighted by Gasteiger charge is 2.15. The van der Waals surface area contributed by atoms with Gasteiger partial charge in [0, 0.05) is 23.8 Å². The zero-order chi connectivity index (χ0) is 13.0. The van der Waals surface area contributed by atoms with Crippen molar-refractivity contribution in [3.8, 4) is 0 Å². The van der Waals surface area contributed by atoms with Crippen molar-refractivity contribution in [2.24, 2.45) is 5.92 Å². The Labute approximate surface area is 105 Å². The molecular formula is C15H25NO. The molecule has 0 unspecified atom stereocenters. The maximum absolute atomic E-state index is 9.48. The van der Waals surface area contributed by atoms with E-state index in [-0.39, 0.29) is 6.61 Å². The Kier molecular flexibility index (Phi) is 5.01. The summed E-state index contributed by atoms with van der Waals surface area (Å²) in [4.78, 5) is 2.37. The van der Waals surface area contributed by atoms with Crippen LogP contribution < -0.4 is 4.90 Å². The lowest BCUT2D eigenvalue weighted by Gasteiger charge is -2.32. The topological polar surface area (TPSA) is 23.5 Å². The van der Waals surface area contributed by atoms with Gasteiger partial charge in [0.25, 0.3) is 0 Å². The van der Waals surface area contributed by atoms with Gasteiger partial charge in [-0.2, -0.15) is 0 Å². The first-order valence-electron chi connectivity index (χ1n) is 6.42. The van der Waals surface area contributed by atoms with Crippen LogP contribution in [0.25, 0.3) is 0 Å². The van der Waals surface area contributed by atoms with E-state index in [0.717, 1.165) is 12.1 Å². The summed E-state index contributed by atoms with van der Waals surface area (Å²) in [5.41, 5.74) is 3.40. The van der Waals surface area contributed by atoms with Gasteiger partial charge in [-0.3, -0.25) is 0 Å².